The van der Waals surface area contributed by atoms with E-state index in [1.807, 2.05) is 0 Å². The van der Waals surface area contributed by atoms with Crippen molar-refractivity contribution in [3.05, 3.63) is 44.2 Å². The summed E-state index contributed by atoms with van der Waals surface area (Å²) in [5, 5.41) is 6.02. The molecule has 2 amide bonds. The van der Waals surface area contributed by atoms with Gasteiger partial charge in [0, 0.05) is 24.7 Å². The number of H-pyrrole nitrogens is 1. The highest BCUT2D eigenvalue weighted by atomic mass is 35.5. The Bertz CT molecular complexity index is 1090. The van der Waals surface area contributed by atoms with Gasteiger partial charge >= 0.3 is 0 Å². The van der Waals surface area contributed by atoms with Gasteiger partial charge in [-0.05, 0) is 43.9 Å². The van der Waals surface area contributed by atoms with Crippen molar-refractivity contribution in [3.63, 3.8) is 0 Å². The molecule has 0 saturated carbocycles. The fraction of sp³-hybridized carbons (Fsp3) is 0.429. The minimum atomic E-state index is -0.966. The van der Waals surface area contributed by atoms with E-state index < -0.39 is 17.4 Å². The average molecular weight is 464 g/mol. The van der Waals surface area contributed by atoms with Crippen LogP contribution in [0.5, 0.6) is 0 Å². The van der Waals surface area contributed by atoms with Gasteiger partial charge in [0.15, 0.2) is 0 Å². The molecule has 0 spiro atoms. The van der Waals surface area contributed by atoms with Gasteiger partial charge in [-0.25, -0.2) is 0 Å². The molecule has 0 radical (unpaired) electrons. The molecule has 31 heavy (non-hydrogen) atoms. The third kappa shape index (κ3) is 4.41. The summed E-state index contributed by atoms with van der Waals surface area (Å²) in [4.78, 5) is 47.7. The summed E-state index contributed by atoms with van der Waals surface area (Å²) < 4.78 is 0. The first-order chi connectivity index (χ1) is 14.9. The standard InChI is InChI=1S/C21H23Cl2N5O3/c1-2-12-5-3-4-8-28(12)21-26-18-17(20(31)27-21)13(10-16(29)25-18)19(30)24-11-6-7-14(22)15(23)9-11/h6-7,9,12-13H,2-5,8,10H2,1H3,(H,24,30)(H2,25,26,27,29,31)/t12-,13-/m0/s1. The number of carbonyl (C=O) groups is 2. The Balaban J connectivity index is 1.65. The number of amides is 2. The Kier molecular flexibility index (Phi) is 6.20. The van der Waals surface area contributed by atoms with E-state index in [1.54, 1.807) is 12.1 Å². The average Bonchev–Trinajstić information content (AvgIpc) is 2.75. The predicted octanol–water partition coefficient (Wildman–Crippen LogP) is 3.91. The minimum absolute atomic E-state index is 0.143. The monoisotopic (exact) mass is 463 g/mol. The number of piperidine rings is 1. The number of anilines is 3. The summed E-state index contributed by atoms with van der Waals surface area (Å²) in [5.41, 5.74) is 0.160. The van der Waals surface area contributed by atoms with Gasteiger partial charge in [-0.15, -0.1) is 0 Å². The fourth-order valence-corrected chi connectivity index (χ4v) is 4.52. The van der Waals surface area contributed by atoms with Crippen molar-refractivity contribution >= 4 is 52.5 Å². The molecule has 4 rings (SSSR count). The Morgan fingerprint density at radius 1 is 1.26 bits per heavy atom. The normalized spacial score (nSPS) is 20.7. The van der Waals surface area contributed by atoms with E-state index in [0.29, 0.717) is 16.7 Å². The molecule has 1 saturated heterocycles. The Labute approximate surface area is 189 Å². The van der Waals surface area contributed by atoms with Gasteiger partial charge in [-0.2, -0.15) is 4.98 Å². The van der Waals surface area contributed by atoms with Crippen LogP contribution in [0.15, 0.2) is 23.0 Å². The van der Waals surface area contributed by atoms with E-state index in [9.17, 15) is 14.4 Å². The summed E-state index contributed by atoms with van der Waals surface area (Å²) >= 11 is 11.9. The third-order valence-corrected chi connectivity index (χ3v) is 6.55. The van der Waals surface area contributed by atoms with Crippen LogP contribution in [-0.4, -0.2) is 34.4 Å². The number of fused-ring (bicyclic) bond motifs is 1. The van der Waals surface area contributed by atoms with Gasteiger partial charge in [0.1, 0.15) is 5.82 Å². The van der Waals surface area contributed by atoms with Crippen molar-refractivity contribution in [2.24, 2.45) is 0 Å². The number of aromatic amines is 1. The van der Waals surface area contributed by atoms with Crippen LogP contribution in [-0.2, 0) is 9.59 Å². The number of rotatable bonds is 4. The maximum absolute atomic E-state index is 13.0. The molecule has 10 heteroatoms. The molecule has 3 N–H and O–H groups in total. The van der Waals surface area contributed by atoms with Crippen molar-refractivity contribution in [2.75, 3.05) is 22.1 Å². The highest BCUT2D eigenvalue weighted by molar-refractivity contribution is 6.42. The second-order valence-electron chi connectivity index (χ2n) is 7.83. The van der Waals surface area contributed by atoms with Crippen LogP contribution in [0.3, 0.4) is 0 Å². The Morgan fingerprint density at radius 2 is 2.06 bits per heavy atom. The summed E-state index contributed by atoms with van der Waals surface area (Å²) in [6, 6.07) is 4.95. The van der Waals surface area contributed by atoms with E-state index in [0.717, 1.165) is 32.2 Å². The van der Waals surface area contributed by atoms with Crippen LogP contribution in [0.1, 0.15) is 50.5 Å². The summed E-state index contributed by atoms with van der Waals surface area (Å²) in [5.74, 6) is -1.24. The molecule has 2 atom stereocenters. The SMILES string of the molecule is CC[C@H]1CCCCN1c1nc2c(c(=O)[nH]1)[C@@H](C(=O)Nc1ccc(Cl)c(Cl)c1)CC(=O)N2. The van der Waals surface area contributed by atoms with E-state index in [1.165, 1.54) is 6.07 Å². The molecular weight excluding hydrogens is 441 g/mol. The molecule has 8 nitrogen and oxygen atoms in total. The van der Waals surface area contributed by atoms with Gasteiger partial charge in [0.2, 0.25) is 17.8 Å². The minimum Gasteiger partial charge on any atom is -0.339 e. The number of nitrogens with one attached hydrogen (secondary N) is 3. The van der Waals surface area contributed by atoms with Crippen LogP contribution in [0, 0.1) is 0 Å². The Morgan fingerprint density at radius 3 is 2.81 bits per heavy atom. The van der Waals surface area contributed by atoms with Crippen molar-refractivity contribution in [2.45, 2.75) is 51.0 Å². The molecular formula is C21H23Cl2N5O3. The van der Waals surface area contributed by atoms with Gasteiger partial charge in [0.25, 0.3) is 5.56 Å². The largest absolute Gasteiger partial charge is 0.339 e. The number of halogens is 2. The maximum atomic E-state index is 13.0. The van der Waals surface area contributed by atoms with Crippen molar-refractivity contribution in [1.82, 2.24) is 9.97 Å². The van der Waals surface area contributed by atoms with Crippen LogP contribution in [0.2, 0.25) is 10.0 Å². The lowest BCUT2D eigenvalue weighted by atomic mass is 9.92. The lowest BCUT2D eigenvalue weighted by Gasteiger charge is -2.36. The molecule has 2 aromatic rings. The zero-order valence-electron chi connectivity index (χ0n) is 17.0. The van der Waals surface area contributed by atoms with E-state index in [4.69, 9.17) is 23.2 Å². The second-order valence-corrected chi connectivity index (χ2v) is 8.64. The molecule has 0 bridgehead atoms. The van der Waals surface area contributed by atoms with Crippen molar-refractivity contribution < 1.29 is 9.59 Å². The number of carbonyl (C=O) groups excluding carboxylic acids is 2. The zero-order valence-corrected chi connectivity index (χ0v) is 18.5. The number of hydrogen-bond acceptors (Lipinski definition) is 5. The quantitative estimate of drug-likeness (QED) is 0.636. The Hall–Kier alpha value is -2.58. The first-order valence-electron chi connectivity index (χ1n) is 10.3. The topological polar surface area (TPSA) is 107 Å². The third-order valence-electron chi connectivity index (χ3n) is 5.81. The van der Waals surface area contributed by atoms with Gasteiger partial charge in [0.05, 0.1) is 21.5 Å². The molecule has 3 heterocycles. The van der Waals surface area contributed by atoms with E-state index in [-0.39, 0.29) is 34.8 Å². The smallest absolute Gasteiger partial charge is 0.258 e. The number of benzene rings is 1. The van der Waals surface area contributed by atoms with Gasteiger partial charge in [-0.1, -0.05) is 30.1 Å². The lowest BCUT2D eigenvalue weighted by Crippen LogP contribution is -2.43. The predicted molar refractivity (Wildman–Crippen MR) is 121 cm³/mol. The molecule has 164 valence electrons. The molecule has 1 aromatic heterocycles. The van der Waals surface area contributed by atoms with Crippen LogP contribution >= 0.6 is 23.2 Å². The summed E-state index contributed by atoms with van der Waals surface area (Å²) in [7, 11) is 0. The van der Waals surface area contributed by atoms with Crippen molar-refractivity contribution in [1.29, 1.82) is 0 Å². The maximum Gasteiger partial charge on any atom is 0.258 e. The number of aromatic nitrogens is 2. The molecule has 2 aliphatic rings. The van der Waals surface area contributed by atoms with Crippen molar-refractivity contribution in [3.8, 4) is 0 Å². The van der Waals surface area contributed by atoms with Gasteiger partial charge in [-0.3, -0.25) is 19.4 Å². The first-order valence-corrected chi connectivity index (χ1v) is 11.1. The number of nitrogens with zero attached hydrogens (tertiary/aromatic N) is 2. The lowest BCUT2D eigenvalue weighted by molar-refractivity contribution is -0.123. The molecule has 0 aliphatic carbocycles. The molecule has 1 fully saturated rings. The second kappa shape index (κ2) is 8.88. The fourth-order valence-electron chi connectivity index (χ4n) is 4.23. The summed E-state index contributed by atoms with van der Waals surface area (Å²) in [6.45, 7) is 2.89. The van der Waals surface area contributed by atoms with Crippen LogP contribution in [0.25, 0.3) is 0 Å². The first kappa shape index (κ1) is 21.6. The highest BCUT2D eigenvalue weighted by Gasteiger charge is 2.35. The van der Waals surface area contributed by atoms with Crippen LogP contribution < -0.4 is 21.1 Å². The zero-order chi connectivity index (χ0) is 22.1. The molecule has 0 unspecified atom stereocenters. The van der Waals surface area contributed by atoms with Gasteiger partial charge < -0.3 is 15.5 Å². The van der Waals surface area contributed by atoms with E-state index >= 15 is 0 Å². The van der Waals surface area contributed by atoms with Crippen LogP contribution in [0.4, 0.5) is 17.5 Å². The number of hydrogen-bond donors (Lipinski definition) is 3. The molecule has 2 aliphatic heterocycles. The highest BCUT2D eigenvalue weighted by Crippen LogP contribution is 2.32. The molecule has 1 aromatic carbocycles. The summed E-state index contributed by atoms with van der Waals surface area (Å²) in [6.07, 6.45) is 3.96. The van der Waals surface area contributed by atoms with E-state index in [2.05, 4.69) is 32.4 Å².